The molecule has 0 aliphatic rings. The van der Waals surface area contributed by atoms with Crippen LogP contribution in [0.25, 0.3) is 11.3 Å². The van der Waals surface area contributed by atoms with E-state index >= 15 is 0 Å². The van der Waals surface area contributed by atoms with Crippen molar-refractivity contribution in [2.75, 3.05) is 6.54 Å². The number of aromatic nitrogens is 5. The number of aromatic amines is 1. The number of H-pyrrole nitrogens is 1. The molecule has 0 radical (unpaired) electrons. The Morgan fingerprint density at radius 2 is 2.32 bits per heavy atom. The summed E-state index contributed by atoms with van der Waals surface area (Å²) in [5.74, 6) is -0.188. The van der Waals surface area contributed by atoms with E-state index in [1.807, 2.05) is 31.3 Å². The van der Waals surface area contributed by atoms with E-state index in [1.54, 1.807) is 23.1 Å². The van der Waals surface area contributed by atoms with Gasteiger partial charge in [0.1, 0.15) is 5.69 Å². The number of nitrogens with zero attached hydrogens (tertiary/aromatic N) is 4. The second-order valence-corrected chi connectivity index (χ2v) is 4.88. The van der Waals surface area contributed by atoms with Crippen LogP contribution in [0, 0.1) is 6.92 Å². The predicted molar refractivity (Wildman–Crippen MR) is 81.1 cm³/mol. The van der Waals surface area contributed by atoms with Crippen molar-refractivity contribution in [3.8, 4) is 11.3 Å². The van der Waals surface area contributed by atoms with Gasteiger partial charge in [-0.1, -0.05) is 0 Å². The van der Waals surface area contributed by atoms with Crippen LogP contribution in [0.1, 0.15) is 16.2 Å². The molecule has 0 atom stereocenters. The van der Waals surface area contributed by atoms with E-state index in [1.165, 1.54) is 0 Å². The molecule has 112 valence electrons. The highest BCUT2D eigenvalue weighted by atomic mass is 16.1. The van der Waals surface area contributed by atoms with Gasteiger partial charge >= 0.3 is 0 Å². The summed E-state index contributed by atoms with van der Waals surface area (Å²) in [5.41, 5.74) is 2.95. The first-order valence-corrected chi connectivity index (χ1v) is 6.96. The van der Waals surface area contributed by atoms with Crippen molar-refractivity contribution in [3.05, 3.63) is 54.2 Å². The molecule has 2 N–H and O–H groups in total. The van der Waals surface area contributed by atoms with Crippen molar-refractivity contribution in [2.24, 2.45) is 0 Å². The van der Waals surface area contributed by atoms with Crippen molar-refractivity contribution in [1.29, 1.82) is 0 Å². The Labute approximate surface area is 127 Å². The van der Waals surface area contributed by atoms with Gasteiger partial charge in [-0.05, 0) is 31.2 Å². The Kier molecular flexibility index (Phi) is 3.95. The van der Waals surface area contributed by atoms with E-state index in [-0.39, 0.29) is 5.91 Å². The van der Waals surface area contributed by atoms with Gasteiger partial charge in [0.25, 0.3) is 5.91 Å². The molecule has 3 aromatic heterocycles. The number of carbonyl (C=O) groups excluding carboxylic acids is 1. The molecule has 1 amide bonds. The third kappa shape index (κ3) is 3.20. The first kappa shape index (κ1) is 14.0. The average molecular weight is 296 g/mol. The van der Waals surface area contributed by atoms with Crippen LogP contribution in [0.5, 0.6) is 0 Å². The lowest BCUT2D eigenvalue weighted by molar-refractivity contribution is 0.0947. The quantitative estimate of drug-likeness (QED) is 0.745. The Morgan fingerprint density at radius 1 is 1.41 bits per heavy atom. The van der Waals surface area contributed by atoms with E-state index in [9.17, 15) is 4.79 Å². The fourth-order valence-electron chi connectivity index (χ4n) is 2.07. The largest absolute Gasteiger partial charge is 0.349 e. The third-order valence-corrected chi connectivity index (χ3v) is 3.18. The van der Waals surface area contributed by atoms with Crippen molar-refractivity contribution in [3.63, 3.8) is 0 Å². The summed E-state index contributed by atoms with van der Waals surface area (Å²) in [6, 6.07) is 7.36. The molecule has 0 aliphatic carbocycles. The first-order valence-electron chi connectivity index (χ1n) is 6.96. The molecule has 3 aromatic rings. The molecular weight excluding hydrogens is 280 g/mol. The maximum atomic E-state index is 12.1. The minimum Gasteiger partial charge on any atom is -0.349 e. The Hall–Kier alpha value is -2.96. The minimum atomic E-state index is -0.188. The van der Waals surface area contributed by atoms with Crippen molar-refractivity contribution in [1.82, 2.24) is 30.3 Å². The van der Waals surface area contributed by atoms with E-state index in [4.69, 9.17) is 0 Å². The van der Waals surface area contributed by atoms with Gasteiger partial charge in [0, 0.05) is 30.7 Å². The van der Waals surface area contributed by atoms with Crippen LogP contribution in [0.15, 0.2) is 42.9 Å². The van der Waals surface area contributed by atoms with Crippen LogP contribution in [-0.2, 0) is 6.54 Å². The minimum absolute atomic E-state index is 0.188. The molecule has 0 aromatic carbocycles. The van der Waals surface area contributed by atoms with Crippen molar-refractivity contribution >= 4 is 5.91 Å². The van der Waals surface area contributed by atoms with Gasteiger partial charge in [-0.2, -0.15) is 10.2 Å². The molecule has 0 bridgehead atoms. The number of aryl methyl sites for hydroxylation is 1. The lowest BCUT2D eigenvalue weighted by atomic mass is 10.2. The molecule has 0 fully saturated rings. The summed E-state index contributed by atoms with van der Waals surface area (Å²) < 4.78 is 1.80. The van der Waals surface area contributed by atoms with Crippen LogP contribution < -0.4 is 5.32 Å². The summed E-state index contributed by atoms with van der Waals surface area (Å²) in [5, 5.41) is 14.0. The smallest absolute Gasteiger partial charge is 0.269 e. The lowest BCUT2D eigenvalue weighted by Gasteiger charge is -2.03. The molecule has 0 unspecified atom stereocenters. The van der Waals surface area contributed by atoms with E-state index < -0.39 is 0 Å². The Bertz CT molecular complexity index is 761. The summed E-state index contributed by atoms with van der Waals surface area (Å²) in [7, 11) is 0. The van der Waals surface area contributed by atoms with Crippen LogP contribution in [0.3, 0.4) is 0 Å². The van der Waals surface area contributed by atoms with E-state index in [0.29, 0.717) is 24.5 Å². The molecule has 0 saturated carbocycles. The first-order chi connectivity index (χ1) is 10.7. The zero-order valence-corrected chi connectivity index (χ0v) is 12.2. The number of rotatable bonds is 5. The number of carbonyl (C=O) groups is 1. The molecule has 3 rings (SSSR count). The monoisotopic (exact) mass is 296 g/mol. The predicted octanol–water partition coefficient (Wildman–Crippen LogP) is 1.41. The highest BCUT2D eigenvalue weighted by Gasteiger charge is 2.10. The highest BCUT2D eigenvalue weighted by Crippen LogP contribution is 2.15. The van der Waals surface area contributed by atoms with Crippen LogP contribution in [-0.4, -0.2) is 37.4 Å². The number of hydrogen-bond acceptors (Lipinski definition) is 4. The van der Waals surface area contributed by atoms with Crippen LogP contribution >= 0.6 is 0 Å². The molecule has 22 heavy (non-hydrogen) atoms. The second kappa shape index (κ2) is 6.21. The maximum absolute atomic E-state index is 12.1. The lowest BCUT2D eigenvalue weighted by Crippen LogP contribution is -2.27. The van der Waals surface area contributed by atoms with Gasteiger partial charge in [0.2, 0.25) is 0 Å². The summed E-state index contributed by atoms with van der Waals surface area (Å²) in [6.07, 6.45) is 5.29. The zero-order valence-electron chi connectivity index (χ0n) is 12.2. The average Bonchev–Trinajstić information content (AvgIpc) is 3.17. The second-order valence-electron chi connectivity index (χ2n) is 4.88. The molecule has 7 nitrogen and oxygen atoms in total. The summed E-state index contributed by atoms with van der Waals surface area (Å²) >= 11 is 0. The Balaban J connectivity index is 1.58. The molecule has 0 aliphatic heterocycles. The summed E-state index contributed by atoms with van der Waals surface area (Å²) in [4.78, 5) is 16.1. The molecular formula is C15H16N6O. The SMILES string of the molecule is Cc1ccn(CCNC(=O)c2cc(-c3cccnc3)n[nH]2)n1. The van der Waals surface area contributed by atoms with Crippen LogP contribution in [0.4, 0.5) is 0 Å². The van der Waals surface area contributed by atoms with E-state index in [0.717, 1.165) is 11.3 Å². The van der Waals surface area contributed by atoms with Gasteiger partial charge < -0.3 is 5.32 Å². The Morgan fingerprint density at radius 3 is 3.05 bits per heavy atom. The topological polar surface area (TPSA) is 88.5 Å². The molecule has 7 heteroatoms. The maximum Gasteiger partial charge on any atom is 0.269 e. The van der Waals surface area contributed by atoms with Crippen molar-refractivity contribution in [2.45, 2.75) is 13.5 Å². The van der Waals surface area contributed by atoms with Gasteiger partial charge in [-0.3, -0.25) is 19.6 Å². The van der Waals surface area contributed by atoms with Gasteiger partial charge in [0.15, 0.2) is 0 Å². The number of hydrogen-bond donors (Lipinski definition) is 2. The fraction of sp³-hybridized carbons (Fsp3) is 0.200. The van der Waals surface area contributed by atoms with E-state index in [2.05, 4.69) is 25.6 Å². The highest BCUT2D eigenvalue weighted by molar-refractivity contribution is 5.93. The number of nitrogens with one attached hydrogen (secondary N) is 2. The van der Waals surface area contributed by atoms with Gasteiger partial charge in [0.05, 0.1) is 17.9 Å². The molecule has 0 spiro atoms. The number of amides is 1. The fourth-order valence-corrected chi connectivity index (χ4v) is 2.07. The standard InChI is InChI=1S/C15H16N6O/c1-11-4-7-21(20-11)8-6-17-15(22)14-9-13(18-19-14)12-3-2-5-16-10-12/h2-5,7,9-10H,6,8H2,1H3,(H,17,22)(H,18,19). The zero-order chi connectivity index (χ0) is 15.4. The van der Waals surface area contributed by atoms with Crippen LogP contribution in [0.2, 0.25) is 0 Å². The third-order valence-electron chi connectivity index (χ3n) is 3.18. The van der Waals surface area contributed by atoms with Gasteiger partial charge in [-0.25, -0.2) is 0 Å². The van der Waals surface area contributed by atoms with Gasteiger partial charge in [-0.15, -0.1) is 0 Å². The normalized spacial score (nSPS) is 10.6. The molecule has 3 heterocycles. The molecule has 0 saturated heterocycles. The summed E-state index contributed by atoms with van der Waals surface area (Å²) in [6.45, 7) is 3.06. The number of pyridine rings is 1. The van der Waals surface area contributed by atoms with Crippen molar-refractivity contribution < 1.29 is 4.79 Å².